The van der Waals surface area contributed by atoms with Crippen LogP contribution in [0.15, 0.2) is 48.5 Å². The summed E-state index contributed by atoms with van der Waals surface area (Å²) in [6.07, 6.45) is 3.10. The smallest absolute Gasteiger partial charge is 0.253 e. The van der Waals surface area contributed by atoms with Crippen LogP contribution in [0.3, 0.4) is 0 Å². The van der Waals surface area contributed by atoms with Crippen molar-refractivity contribution < 1.29 is 14.3 Å². The Labute approximate surface area is 191 Å². The van der Waals surface area contributed by atoms with E-state index in [4.69, 9.17) is 4.74 Å². The molecule has 0 atom stereocenters. The Bertz CT molecular complexity index is 887. The molecular formula is C26H35N3O3. The highest BCUT2D eigenvalue weighted by atomic mass is 16.5. The van der Waals surface area contributed by atoms with E-state index in [-0.39, 0.29) is 18.4 Å². The van der Waals surface area contributed by atoms with Crippen molar-refractivity contribution in [2.75, 3.05) is 36.9 Å². The number of carbonyl (C=O) groups is 2. The van der Waals surface area contributed by atoms with Crippen LogP contribution in [0.4, 0.5) is 11.4 Å². The first-order chi connectivity index (χ1) is 15.4. The normalized spacial score (nSPS) is 14.3. The van der Waals surface area contributed by atoms with Gasteiger partial charge in [0.15, 0.2) is 0 Å². The first-order valence-electron chi connectivity index (χ1n) is 11.6. The maximum Gasteiger partial charge on any atom is 0.253 e. The van der Waals surface area contributed by atoms with E-state index >= 15 is 0 Å². The van der Waals surface area contributed by atoms with Crippen molar-refractivity contribution in [2.24, 2.45) is 11.8 Å². The fourth-order valence-corrected chi connectivity index (χ4v) is 3.59. The summed E-state index contributed by atoms with van der Waals surface area (Å²) in [5.74, 6) is 1.97. The van der Waals surface area contributed by atoms with Gasteiger partial charge < -0.3 is 20.3 Å². The second kappa shape index (κ2) is 11.6. The maximum atomic E-state index is 12.8. The SMILES string of the molecule is CC(C)CCOc1ccc(NCC(=O)Nc2cccc(C(=O)N3CCC(C)CC3)c2)cc1. The van der Waals surface area contributed by atoms with E-state index in [1.54, 1.807) is 24.3 Å². The van der Waals surface area contributed by atoms with E-state index in [1.165, 1.54) is 0 Å². The van der Waals surface area contributed by atoms with Crippen molar-refractivity contribution >= 4 is 23.2 Å². The van der Waals surface area contributed by atoms with Crippen molar-refractivity contribution in [2.45, 2.75) is 40.0 Å². The Morgan fingerprint density at radius 1 is 1.06 bits per heavy atom. The van der Waals surface area contributed by atoms with Gasteiger partial charge in [-0.05, 0) is 73.6 Å². The Hall–Kier alpha value is -3.02. The molecule has 6 nitrogen and oxygen atoms in total. The fraction of sp³-hybridized carbons (Fsp3) is 0.462. The van der Waals surface area contributed by atoms with Gasteiger partial charge in [-0.15, -0.1) is 0 Å². The second-order valence-electron chi connectivity index (χ2n) is 9.01. The summed E-state index contributed by atoms with van der Waals surface area (Å²) < 4.78 is 5.72. The molecule has 2 aromatic rings. The van der Waals surface area contributed by atoms with Gasteiger partial charge in [0.05, 0.1) is 13.2 Å². The zero-order valence-corrected chi connectivity index (χ0v) is 19.4. The zero-order chi connectivity index (χ0) is 22.9. The van der Waals surface area contributed by atoms with E-state index in [1.807, 2.05) is 29.2 Å². The van der Waals surface area contributed by atoms with Crippen LogP contribution in [0, 0.1) is 11.8 Å². The number of piperidine rings is 1. The largest absolute Gasteiger partial charge is 0.494 e. The van der Waals surface area contributed by atoms with Crippen LogP contribution < -0.4 is 15.4 Å². The number of benzene rings is 2. The van der Waals surface area contributed by atoms with Crippen LogP contribution >= 0.6 is 0 Å². The van der Waals surface area contributed by atoms with Crippen molar-refractivity contribution in [1.82, 2.24) is 4.90 Å². The Balaban J connectivity index is 1.47. The molecule has 0 radical (unpaired) electrons. The van der Waals surface area contributed by atoms with Crippen LogP contribution in [-0.4, -0.2) is 43.0 Å². The van der Waals surface area contributed by atoms with E-state index in [2.05, 4.69) is 31.4 Å². The summed E-state index contributed by atoms with van der Waals surface area (Å²) in [7, 11) is 0. The molecule has 0 aromatic heterocycles. The molecule has 1 heterocycles. The lowest BCUT2D eigenvalue weighted by atomic mass is 9.98. The minimum Gasteiger partial charge on any atom is -0.494 e. The molecule has 0 bridgehead atoms. The summed E-state index contributed by atoms with van der Waals surface area (Å²) in [6.45, 7) is 8.99. The number of nitrogens with zero attached hydrogens (tertiary/aromatic N) is 1. The summed E-state index contributed by atoms with van der Waals surface area (Å²) in [5, 5.41) is 5.99. The molecule has 1 aliphatic rings. The molecule has 1 fully saturated rings. The van der Waals surface area contributed by atoms with E-state index in [9.17, 15) is 9.59 Å². The molecule has 1 aliphatic heterocycles. The van der Waals surface area contributed by atoms with Gasteiger partial charge in [0, 0.05) is 30.0 Å². The Kier molecular flexibility index (Phi) is 8.54. The molecule has 0 spiro atoms. The summed E-state index contributed by atoms with van der Waals surface area (Å²) in [6, 6.07) is 14.8. The van der Waals surface area contributed by atoms with Crippen LogP contribution in [0.2, 0.25) is 0 Å². The van der Waals surface area contributed by atoms with Gasteiger partial charge >= 0.3 is 0 Å². The lowest BCUT2D eigenvalue weighted by Gasteiger charge is -2.30. The third kappa shape index (κ3) is 7.29. The summed E-state index contributed by atoms with van der Waals surface area (Å²) >= 11 is 0. The van der Waals surface area contributed by atoms with Gasteiger partial charge in [-0.3, -0.25) is 9.59 Å². The summed E-state index contributed by atoms with van der Waals surface area (Å²) in [5.41, 5.74) is 2.08. The highest BCUT2D eigenvalue weighted by Gasteiger charge is 2.21. The average molecular weight is 438 g/mol. The van der Waals surface area contributed by atoms with Gasteiger partial charge in [0.2, 0.25) is 5.91 Å². The molecule has 0 unspecified atom stereocenters. The fourth-order valence-electron chi connectivity index (χ4n) is 3.59. The molecule has 0 aliphatic carbocycles. The average Bonchev–Trinajstić information content (AvgIpc) is 2.78. The third-order valence-corrected chi connectivity index (χ3v) is 5.74. The van der Waals surface area contributed by atoms with Crippen molar-refractivity contribution in [3.05, 3.63) is 54.1 Å². The number of likely N-dealkylation sites (tertiary alicyclic amines) is 1. The lowest BCUT2D eigenvalue weighted by molar-refractivity contribution is -0.114. The van der Waals surface area contributed by atoms with Gasteiger partial charge in [0.25, 0.3) is 5.91 Å². The highest BCUT2D eigenvalue weighted by molar-refractivity contribution is 5.98. The number of carbonyl (C=O) groups excluding carboxylic acids is 2. The lowest BCUT2D eigenvalue weighted by Crippen LogP contribution is -2.37. The van der Waals surface area contributed by atoms with Crippen molar-refractivity contribution in [3.63, 3.8) is 0 Å². The molecule has 2 aromatic carbocycles. The maximum absolute atomic E-state index is 12.8. The molecule has 3 rings (SSSR count). The molecular weight excluding hydrogens is 402 g/mol. The van der Waals surface area contributed by atoms with Crippen LogP contribution in [0.5, 0.6) is 5.75 Å². The monoisotopic (exact) mass is 437 g/mol. The first-order valence-corrected chi connectivity index (χ1v) is 11.6. The molecule has 6 heteroatoms. The minimum atomic E-state index is -0.168. The molecule has 32 heavy (non-hydrogen) atoms. The number of ether oxygens (including phenoxy) is 1. The number of hydrogen-bond acceptors (Lipinski definition) is 4. The molecule has 1 saturated heterocycles. The van der Waals surface area contributed by atoms with Crippen LogP contribution in [0.1, 0.15) is 50.4 Å². The Morgan fingerprint density at radius 2 is 1.78 bits per heavy atom. The minimum absolute atomic E-state index is 0.0295. The van der Waals surface area contributed by atoms with Gasteiger partial charge in [-0.1, -0.05) is 26.8 Å². The van der Waals surface area contributed by atoms with Gasteiger partial charge in [-0.2, -0.15) is 0 Å². The number of amides is 2. The van der Waals surface area contributed by atoms with Gasteiger partial charge in [0.1, 0.15) is 5.75 Å². The quantitative estimate of drug-likeness (QED) is 0.577. The molecule has 2 N–H and O–H groups in total. The zero-order valence-electron chi connectivity index (χ0n) is 19.4. The number of anilines is 2. The van der Waals surface area contributed by atoms with Crippen LogP contribution in [0.25, 0.3) is 0 Å². The van der Waals surface area contributed by atoms with E-state index < -0.39 is 0 Å². The summed E-state index contributed by atoms with van der Waals surface area (Å²) in [4.78, 5) is 27.1. The predicted molar refractivity (Wildman–Crippen MR) is 129 cm³/mol. The number of hydrogen-bond donors (Lipinski definition) is 2. The van der Waals surface area contributed by atoms with E-state index in [0.29, 0.717) is 29.7 Å². The van der Waals surface area contributed by atoms with Crippen molar-refractivity contribution in [3.8, 4) is 5.75 Å². The first kappa shape index (κ1) is 23.6. The highest BCUT2D eigenvalue weighted by Crippen LogP contribution is 2.20. The number of nitrogens with one attached hydrogen (secondary N) is 2. The van der Waals surface area contributed by atoms with Gasteiger partial charge in [-0.25, -0.2) is 0 Å². The van der Waals surface area contributed by atoms with Crippen LogP contribution in [-0.2, 0) is 4.79 Å². The standard InChI is InChI=1S/C26H35N3O3/c1-19(2)13-16-32-24-9-7-22(8-10-24)27-18-25(30)28-23-6-4-5-21(17-23)26(31)29-14-11-20(3)12-15-29/h4-10,17,19-20,27H,11-16,18H2,1-3H3,(H,28,30). The van der Waals surface area contributed by atoms with E-state index in [0.717, 1.165) is 43.8 Å². The predicted octanol–water partition coefficient (Wildman–Crippen LogP) is 5.03. The molecule has 2 amide bonds. The molecule has 0 saturated carbocycles. The molecule has 172 valence electrons. The van der Waals surface area contributed by atoms with Crippen molar-refractivity contribution in [1.29, 1.82) is 0 Å². The third-order valence-electron chi connectivity index (χ3n) is 5.74. The number of rotatable bonds is 9. The second-order valence-corrected chi connectivity index (χ2v) is 9.01. The Morgan fingerprint density at radius 3 is 2.47 bits per heavy atom. The topological polar surface area (TPSA) is 70.7 Å².